The summed E-state index contributed by atoms with van der Waals surface area (Å²) in [6.45, 7) is 10.2. The van der Waals surface area contributed by atoms with Gasteiger partial charge in [-0.25, -0.2) is 0 Å². The summed E-state index contributed by atoms with van der Waals surface area (Å²) in [4.78, 5) is 2.65. The standard InChI is InChI=1S/C13H28N2O/c1-5-13-10-15(11(2)6-8-14-13)12(3)7-9-16-4/h11-14H,5-10H2,1-4H3. The molecule has 16 heavy (non-hydrogen) atoms. The van der Waals surface area contributed by atoms with Gasteiger partial charge >= 0.3 is 0 Å². The molecular weight excluding hydrogens is 200 g/mol. The summed E-state index contributed by atoms with van der Waals surface area (Å²) < 4.78 is 5.18. The Labute approximate surface area is 101 Å². The number of rotatable bonds is 5. The van der Waals surface area contributed by atoms with Crippen LogP contribution in [0.2, 0.25) is 0 Å². The first-order valence-electron chi connectivity index (χ1n) is 6.67. The maximum atomic E-state index is 5.18. The number of nitrogens with zero attached hydrogens (tertiary/aromatic N) is 1. The van der Waals surface area contributed by atoms with E-state index in [1.54, 1.807) is 7.11 Å². The fourth-order valence-electron chi connectivity index (χ4n) is 2.50. The van der Waals surface area contributed by atoms with Crippen molar-refractivity contribution in [2.45, 2.75) is 58.2 Å². The Hall–Kier alpha value is -0.120. The second-order valence-electron chi connectivity index (χ2n) is 5.02. The summed E-state index contributed by atoms with van der Waals surface area (Å²) in [7, 11) is 1.79. The topological polar surface area (TPSA) is 24.5 Å². The van der Waals surface area contributed by atoms with Crippen molar-refractivity contribution >= 4 is 0 Å². The molecule has 1 N–H and O–H groups in total. The quantitative estimate of drug-likeness (QED) is 0.777. The Bertz CT molecular complexity index is 187. The van der Waals surface area contributed by atoms with E-state index >= 15 is 0 Å². The molecule has 0 aromatic carbocycles. The number of ether oxygens (including phenoxy) is 1. The molecule has 0 amide bonds. The zero-order chi connectivity index (χ0) is 12.0. The van der Waals surface area contributed by atoms with Crippen LogP contribution in [0.5, 0.6) is 0 Å². The first-order chi connectivity index (χ1) is 7.69. The van der Waals surface area contributed by atoms with E-state index in [1.165, 1.54) is 19.4 Å². The Morgan fingerprint density at radius 2 is 2.25 bits per heavy atom. The maximum absolute atomic E-state index is 5.18. The van der Waals surface area contributed by atoms with Gasteiger partial charge in [0.1, 0.15) is 0 Å². The van der Waals surface area contributed by atoms with E-state index in [0.717, 1.165) is 19.6 Å². The summed E-state index contributed by atoms with van der Waals surface area (Å²) in [6.07, 6.45) is 3.62. The van der Waals surface area contributed by atoms with Crippen LogP contribution < -0.4 is 5.32 Å². The molecular formula is C13H28N2O. The van der Waals surface area contributed by atoms with E-state index in [2.05, 4.69) is 31.0 Å². The van der Waals surface area contributed by atoms with Crippen molar-refractivity contribution in [3.05, 3.63) is 0 Å². The van der Waals surface area contributed by atoms with Crippen molar-refractivity contribution < 1.29 is 4.74 Å². The summed E-state index contributed by atoms with van der Waals surface area (Å²) in [5.41, 5.74) is 0. The molecule has 1 saturated heterocycles. The Kier molecular flexibility index (Phi) is 6.32. The van der Waals surface area contributed by atoms with Gasteiger partial charge in [0.15, 0.2) is 0 Å². The van der Waals surface area contributed by atoms with Gasteiger partial charge in [-0.2, -0.15) is 0 Å². The van der Waals surface area contributed by atoms with Gasteiger partial charge in [0, 0.05) is 38.4 Å². The molecule has 0 aromatic heterocycles. The highest BCUT2D eigenvalue weighted by atomic mass is 16.5. The van der Waals surface area contributed by atoms with Gasteiger partial charge in [0.25, 0.3) is 0 Å². The van der Waals surface area contributed by atoms with E-state index in [1.807, 2.05) is 0 Å². The van der Waals surface area contributed by atoms with E-state index in [-0.39, 0.29) is 0 Å². The van der Waals surface area contributed by atoms with Gasteiger partial charge in [-0.3, -0.25) is 4.90 Å². The molecule has 3 nitrogen and oxygen atoms in total. The van der Waals surface area contributed by atoms with Gasteiger partial charge in [0.05, 0.1) is 0 Å². The molecule has 1 heterocycles. The second kappa shape index (κ2) is 7.25. The molecule has 1 aliphatic rings. The van der Waals surface area contributed by atoms with Crippen molar-refractivity contribution in [1.29, 1.82) is 0 Å². The number of hydrogen-bond donors (Lipinski definition) is 1. The smallest absolute Gasteiger partial charge is 0.0477 e. The van der Waals surface area contributed by atoms with Gasteiger partial charge in [0.2, 0.25) is 0 Å². The fraction of sp³-hybridized carbons (Fsp3) is 1.00. The largest absolute Gasteiger partial charge is 0.385 e. The van der Waals surface area contributed by atoms with Crippen LogP contribution in [0.4, 0.5) is 0 Å². The molecule has 1 aliphatic heterocycles. The highest BCUT2D eigenvalue weighted by Gasteiger charge is 2.25. The third-order valence-corrected chi connectivity index (χ3v) is 3.79. The summed E-state index contributed by atoms with van der Waals surface area (Å²) in [6, 6.07) is 1.98. The Morgan fingerprint density at radius 3 is 2.88 bits per heavy atom. The summed E-state index contributed by atoms with van der Waals surface area (Å²) in [5, 5.41) is 3.63. The van der Waals surface area contributed by atoms with Crippen LogP contribution >= 0.6 is 0 Å². The predicted octanol–water partition coefficient (Wildman–Crippen LogP) is 1.87. The van der Waals surface area contributed by atoms with Crippen molar-refractivity contribution in [3.63, 3.8) is 0 Å². The first kappa shape index (κ1) is 13.9. The van der Waals surface area contributed by atoms with Crippen LogP contribution in [-0.2, 0) is 4.74 Å². The van der Waals surface area contributed by atoms with E-state index in [9.17, 15) is 0 Å². The SMILES string of the molecule is CCC1CN(C(C)CCOC)C(C)CCN1. The molecule has 0 aromatic rings. The number of methoxy groups -OCH3 is 1. The zero-order valence-corrected chi connectivity index (χ0v) is 11.3. The van der Waals surface area contributed by atoms with E-state index < -0.39 is 0 Å². The van der Waals surface area contributed by atoms with Crippen molar-refractivity contribution in [2.24, 2.45) is 0 Å². The Morgan fingerprint density at radius 1 is 1.50 bits per heavy atom. The molecule has 0 radical (unpaired) electrons. The average Bonchev–Trinajstić information content (AvgIpc) is 2.47. The van der Waals surface area contributed by atoms with Gasteiger partial charge in [-0.1, -0.05) is 6.92 Å². The van der Waals surface area contributed by atoms with Crippen LogP contribution in [0.1, 0.15) is 40.0 Å². The molecule has 3 heteroatoms. The molecule has 3 unspecified atom stereocenters. The number of nitrogens with one attached hydrogen (secondary N) is 1. The third kappa shape index (κ3) is 4.04. The number of hydrogen-bond acceptors (Lipinski definition) is 3. The van der Waals surface area contributed by atoms with Crippen molar-refractivity contribution in [3.8, 4) is 0 Å². The molecule has 96 valence electrons. The van der Waals surface area contributed by atoms with Crippen LogP contribution in [0.15, 0.2) is 0 Å². The first-order valence-corrected chi connectivity index (χ1v) is 6.67. The Balaban J connectivity index is 2.51. The van der Waals surface area contributed by atoms with Crippen molar-refractivity contribution in [1.82, 2.24) is 10.2 Å². The van der Waals surface area contributed by atoms with Crippen LogP contribution in [0.25, 0.3) is 0 Å². The molecule has 0 spiro atoms. The van der Waals surface area contributed by atoms with E-state index in [0.29, 0.717) is 18.1 Å². The molecule has 0 saturated carbocycles. The molecule has 0 bridgehead atoms. The second-order valence-corrected chi connectivity index (χ2v) is 5.02. The van der Waals surface area contributed by atoms with Crippen molar-refractivity contribution in [2.75, 3.05) is 26.8 Å². The van der Waals surface area contributed by atoms with Crippen LogP contribution in [-0.4, -0.2) is 49.8 Å². The fourth-order valence-corrected chi connectivity index (χ4v) is 2.50. The lowest BCUT2D eigenvalue weighted by molar-refractivity contribution is 0.108. The summed E-state index contributed by atoms with van der Waals surface area (Å²) in [5.74, 6) is 0. The molecule has 1 rings (SSSR count). The highest BCUT2D eigenvalue weighted by molar-refractivity contribution is 4.83. The lowest BCUT2D eigenvalue weighted by atomic mass is 10.1. The van der Waals surface area contributed by atoms with Gasteiger partial charge in [-0.05, 0) is 39.7 Å². The van der Waals surface area contributed by atoms with Crippen LogP contribution in [0.3, 0.4) is 0 Å². The van der Waals surface area contributed by atoms with Gasteiger partial charge < -0.3 is 10.1 Å². The zero-order valence-electron chi connectivity index (χ0n) is 11.3. The van der Waals surface area contributed by atoms with E-state index in [4.69, 9.17) is 4.74 Å². The molecule has 3 atom stereocenters. The monoisotopic (exact) mass is 228 g/mol. The molecule has 0 aliphatic carbocycles. The minimum atomic E-state index is 0.629. The normalized spacial score (nSPS) is 30.0. The lowest BCUT2D eigenvalue weighted by Crippen LogP contribution is -2.45. The highest BCUT2D eigenvalue weighted by Crippen LogP contribution is 2.16. The molecule has 1 fully saturated rings. The third-order valence-electron chi connectivity index (χ3n) is 3.79. The van der Waals surface area contributed by atoms with Crippen LogP contribution in [0, 0.1) is 0 Å². The minimum absolute atomic E-state index is 0.629. The predicted molar refractivity (Wildman–Crippen MR) is 68.8 cm³/mol. The summed E-state index contributed by atoms with van der Waals surface area (Å²) >= 11 is 0. The maximum Gasteiger partial charge on any atom is 0.0477 e. The lowest BCUT2D eigenvalue weighted by Gasteiger charge is -2.34. The average molecular weight is 228 g/mol. The minimum Gasteiger partial charge on any atom is -0.385 e. The van der Waals surface area contributed by atoms with Gasteiger partial charge in [-0.15, -0.1) is 0 Å².